The topological polar surface area (TPSA) is 58.4 Å². The van der Waals surface area contributed by atoms with Gasteiger partial charge in [0.2, 0.25) is 5.91 Å². The molecular formula is C16H25Cl2N3O. The molecule has 1 aromatic carbocycles. The Balaban J connectivity index is 0.00000121. The van der Waals surface area contributed by atoms with Gasteiger partial charge in [-0.25, -0.2) is 0 Å². The van der Waals surface area contributed by atoms with Gasteiger partial charge in [-0.2, -0.15) is 0 Å². The summed E-state index contributed by atoms with van der Waals surface area (Å²) in [5.41, 5.74) is 6.73. The van der Waals surface area contributed by atoms with E-state index in [4.69, 9.17) is 5.73 Å². The number of amides is 1. The van der Waals surface area contributed by atoms with Gasteiger partial charge < -0.3 is 11.1 Å². The molecule has 4 nitrogen and oxygen atoms in total. The zero-order chi connectivity index (χ0) is 14.0. The number of nitrogens with two attached hydrogens (primary N) is 1. The normalized spacial score (nSPS) is 20.4. The number of nitrogens with zero attached hydrogens (tertiary/aromatic N) is 1. The number of halogens is 2. The van der Waals surface area contributed by atoms with E-state index in [2.05, 4.69) is 34.5 Å². The average Bonchev–Trinajstić information content (AvgIpc) is 3.22. The minimum absolute atomic E-state index is 0. The minimum atomic E-state index is -0.541. The molecule has 1 heterocycles. The first-order chi connectivity index (χ1) is 9.66. The molecule has 0 aromatic heterocycles. The van der Waals surface area contributed by atoms with Gasteiger partial charge in [0.15, 0.2) is 0 Å². The van der Waals surface area contributed by atoms with Gasteiger partial charge in [-0.3, -0.25) is 9.69 Å². The number of rotatable bonds is 4. The van der Waals surface area contributed by atoms with Crippen LogP contribution < -0.4 is 11.1 Å². The molecule has 0 atom stereocenters. The molecule has 1 aromatic rings. The largest absolute Gasteiger partial charge is 0.352 e. The van der Waals surface area contributed by atoms with Gasteiger partial charge in [0.05, 0.1) is 5.54 Å². The lowest BCUT2D eigenvalue weighted by atomic mass is 10.0. The number of hydrogen-bond acceptors (Lipinski definition) is 3. The van der Waals surface area contributed by atoms with E-state index in [9.17, 15) is 4.79 Å². The van der Waals surface area contributed by atoms with Crippen LogP contribution in [0.15, 0.2) is 30.3 Å². The third kappa shape index (κ3) is 4.85. The van der Waals surface area contributed by atoms with Crippen molar-refractivity contribution in [1.82, 2.24) is 10.2 Å². The highest BCUT2D eigenvalue weighted by Gasteiger charge is 2.46. The number of piperidine rings is 1. The SMILES string of the molecule is Cl.Cl.NC1(C(=O)NC2CCN(Cc3ccccc3)CC2)CC1. The van der Waals surface area contributed by atoms with Crippen LogP contribution in [0.5, 0.6) is 0 Å². The first-order valence-corrected chi connectivity index (χ1v) is 7.52. The van der Waals surface area contributed by atoms with Crippen LogP contribution in [-0.2, 0) is 11.3 Å². The predicted molar refractivity (Wildman–Crippen MR) is 93.5 cm³/mol. The number of hydrogen-bond donors (Lipinski definition) is 2. The van der Waals surface area contributed by atoms with Crippen LogP contribution in [0, 0.1) is 0 Å². The smallest absolute Gasteiger partial charge is 0.240 e. The molecule has 0 unspecified atom stereocenters. The van der Waals surface area contributed by atoms with Crippen molar-refractivity contribution in [1.29, 1.82) is 0 Å². The van der Waals surface area contributed by atoms with Crippen molar-refractivity contribution in [2.45, 2.75) is 43.8 Å². The second-order valence-electron chi connectivity index (χ2n) is 6.17. The molecule has 2 fully saturated rings. The van der Waals surface area contributed by atoms with E-state index in [1.807, 2.05) is 6.07 Å². The fraction of sp³-hybridized carbons (Fsp3) is 0.562. The van der Waals surface area contributed by atoms with Gasteiger partial charge in [0, 0.05) is 25.7 Å². The molecule has 1 aliphatic heterocycles. The quantitative estimate of drug-likeness (QED) is 0.878. The monoisotopic (exact) mass is 345 g/mol. The third-order valence-corrected chi connectivity index (χ3v) is 4.41. The summed E-state index contributed by atoms with van der Waals surface area (Å²) in [6.07, 6.45) is 3.72. The highest BCUT2D eigenvalue weighted by Crippen LogP contribution is 2.32. The maximum absolute atomic E-state index is 11.9. The zero-order valence-corrected chi connectivity index (χ0v) is 14.3. The number of carbonyl (C=O) groups is 1. The van der Waals surface area contributed by atoms with Gasteiger partial charge in [-0.1, -0.05) is 30.3 Å². The molecule has 3 rings (SSSR count). The number of benzene rings is 1. The predicted octanol–water partition coefficient (Wildman–Crippen LogP) is 2.10. The van der Waals surface area contributed by atoms with E-state index in [1.165, 1.54) is 5.56 Å². The van der Waals surface area contributed by atoms with Crippen molar-refractivity contribution in [3.8, 4) is 0 Å². The van der Waals surface area contributed by atoms with Crippen molar-refractivity contribution >= 4 is 30.7 Å². The first kappa shape index (κ1) is 19.2. The van der Waals surface area contributed by atoms with Crippen molar-refractivity contribution in [2.75, 3.05) is 13.1 Å². The molecule has 2 aliphatic rings. The van der Waals surface area contributed by atoms with Crippen LogP contribution in [0.4, 0.5) is 0 Å². The van der Waals surface area contributed by atoms with E-state index in [0.29, 0.717) is 6.04 Å². The standard InChI is InChI=1S/C16H23N3O.2ClH/c17-16(8-9-16)15(20)18-14-6-10-19(11-7-14)12-13-4-2-1-3-5-13;;/h1-5,14H,6-12,17H2,(H,18,20);2*1H. The molecule has 0 bridgehead atoms. The minimum Gasteiger partial charge on any atom is -0.352 e. The molecule has 1 saturated heterocycles. The van der Waals surface area contributed by atoms with Gasteiger partial charge in [-0.15, -0.1) is 24.8 Å². The second-order valence-corrected chi connectivity index (χ2v) is 6.17. The van der Waals surface area contributed by atoms with Crippen molar-refractivity contribution in [3.05, 3.63) is 35.9 Å². The summed E-state index contributed by atoms with van der Waals surface area (Å²) in [5, 5.41) is 3.12. The van der Waals surface area contributed by atoms with Crippen LogP contribution in [0.3, 0.4) is 0 Å². The first-order valence-electron chi connectivity index (χ1n) is 7.52. The summed E-state index contributed by atoms with van der Waals surface area (Å²) in [6.45, 7) is 3.08. The lowest BCUT2D eigenvalue weighted by molar-refractivity contribution is -0.124. The van der Waals surface area contributed by atoms with Gasteiger partial charge >= 0.3 is 0 Å². The maximum Gasteiger partial charge on any atom is 0.240 e. The second kappa shape index (κ2) is 8.16. The van der Waals surface area contributed by atoms with Crippen LogP contribution in [0.2, 0.25) is 0 Å². The van der Waals surface area contributed by atoms with E-state index in [0.717, 1.165) is 45.3 Å². The maximum atomic E-state index is 11.9. The Hall–Kier alpha value is -0.810. The fourth-order valence-corrected chi connectivity index (χ4v) is 2.77. The van der Waals surface area contributed by atoms with Crippen LogP contribution in [0.25, 0.3) is 0 Å². The van der Waals surface area contributed by atoms with Crippen molar-refractivity contribution in [3.63, 3.8) is 0 Å². The number of carbonyl (C=O) groups excluding carboxylic acids is 1. The molecule has 0 radical (unpaired) electrons. The third-order valence-electron chi connectivity index (χ3n) is 4.41. The van der Waals surface area contributed by atoms with Crippen molar-refractivity contribution in [2.24, 2.45) is 5.73 Å². The Labute approximate surface area is 144 Å². The summed E-state index contributed by atoms with van der Waals surface area (Å²) < 4.78 is 0. The highest BCUT2D eigenvalue weighted by molar-refractivity contribution is 5.89. The molecule has 6 heteroatoms. The molecule has 1 amide bonds. The molecule has 3 N–H and O–H groups in total. The van der Waals surface area contributed by atoms with E-state index >= 15 is 0 Å². The van der Waals surface area contributed by atoms with Crippen LogP contribution >= 0.6 is 24.8 Å². The Kier molecular flexibility index (Phi) is 7.13. The average molecular weight is 346 g/mol. The summed E-state index contributed by atoms with van der Waals surface area (Å²) in [6, 6.07) is 10.8. The van der Waals surface area contributed by atoms with Crippen LogP contribution in [0.1, 0.15) is 31.2 Å². The Morgan fingerprint density at radius 3 is 2.32 bits per heavy atom. The van der Waals surface area contributed by atoms with Gasteiger partial charge in [0.1, 0.15) is 0 Å². The molecule has 124 valence electrons. The lowest BCUT2D eigenvalue weighted by Gasteiger charge is -2.32. The van der Waals surface area contributed by atoms with Crippen LogP contribution in [-0.4, -0.2) is 35.5 Å². The summed E-state index contributed by atoms with van der Waals surface area (Å²) in [4.78, 5) is 14.4. The van der Waals surface area contributed by atoms with Crippen molar-refractivity contribution < 1.29 is 4.79 Å². The Morgan fingerprint density at radius 2 is 1.77 bits per heavy atom. The summed E-state index contributed by atoms with van der Waals surface area (Å²) in [7, 11) is 0. The Morgan fingerprint density at radius 1 is 1.18 bits per heavy atom. The summed E-state index contributed by atoms with van der Waals surface area (Å²) in [5.74, 6) is 0.0546. The van der Waals surface area contributed by atoms with E-state index in [1.54, 1.807) is 0 Å². The molecule has 1 aliphatic carbocycles. The van der Waals surface area contributed by atoms with E-state index < -0.39 is 5.54 Å². The molecule has 0 spiro atoms. The molecular weight excluding hydrogens is 321 g/mol. The van der Waals surface area contributed by atoms with Gasteiger partial charge in [0.25, 0.3) is 0 Å². The highest BCUT2D eigenvalue weighted by atomic mass is 35.5. The molecule has 22 heavy (non-hydrogen) atoms. The summed E-state index contributed by atoms with van der Waals surface area (Å²) >= 11 is 0. The Bertz CT molecular complexity index is 472. The zero-order valence-electron chi connectivity index (χ0n) is 12.7. The fourth-order valence-electron chi connectivity index (χ4n) is 2.77. The number of likely N-dealkylation sites (tertiary alicyclic amines) is 1. The van der Waals surface area contributed by atoms with E-state index in [-0.39, 0.29) is 30.7 Å². The number of nitrogens with one attached hydrogen (secondary N) is 1. The van der Waals surface area contributed by atoms with Gasteiger partial charge in [-0.05, 0) is 31.2 Å². The lowest BCUT2D eigenvalue weighted by Crippen LogP contribution is -2.50. The molecule has 1 saturated carbocycles.